The van der Waals surface area contributed by atoms with Crippen molar-refractivity contribution >= 4 is 34.9 Å². The van der Waals surface area contributed by atoms with Gasteiger partial charge in [-0.25, -0.2) is 9.97 Å². The molecule has 2 saturated carbocycles. The van der Waals surface area contributed by atoms with E-state index in [1.807, 2.05) is 13.0 Å². The Morgan fingerprint density at radius 3 is 2.83 bits per heavy atom. The average Bonchev–Trinajstić information content (AvgIpc) is 3.47. The summed E-state index contributed by atoms with van der Waals surface area (Å²) in [7, 11) is 1.43. The highest BCUT2D eigenvalue weighted by molar-refractivity contribution is 7.19. The van der Waals surface area contributed by atoms with Crippen molar-refractivity contribution in [1.29, 1.82) is 0 Å². The fourth-order valence-corrected chi connectivity index (χ4v) is 5.95. The van der Waals surface area contributed by atoms with Crippen LogP contribution in [0.25, 0.3) is 10.7 Å². The maximum Gasteiger partial charge on any atom is 0.308 e. The molecule has 5 rings (SSSR count). The number of aromatic nitrogens is 4. The average molecular weight is 532 g/mol. The van der Waals surface area contributed by atoms with E-state index >= 15 is 0 Å². The number of halogens is 1. The van der Waals surface area contributed by atoms with Crippen LogP contribution in [0.1, 0.15) is 62.1 Å². The standard InChI is InChI=1S/C25H30ClN5O4S/c1-14-19(34-18-8-4-7-16(10-18)24(32)33-2)13-27-23(29-14)22-17(11-20(26)36-22)12-28-25-30-21(35-31-25)9-15-5-3-6-15/h11,13,15-16,18H,3-10,12H2,1-2H3,(H,28,31)/t16-,18-/m0/s1. The van der Waals surface area contributed by atoms with Gasteiger partial charge in [0, 0.05) is 13.0 Å². The third kappa shape index (κ3) is 5.81. The van der Waals surface area contributed by atoms with Gasteiger partial charge in [-0.1, -0.05) is 18.0 Å². The minimum atomic E-state index is -0.169. The Balaban J connectivity index is 1.24. The lowest BCUT2D eigenvalue weighted by Crippen LogP contribution is -2.30. The molecule has 1 N–H and O–H groups in total. The molecular formula is C25H30ClN5O4S. The van der Waals surface area contributed by atoms with E-state index in [1.165, 1.54) is 37.7 Å². The van der Waals surface area contributed by atoms with Crippen LogP contribution in [-0.2, 0) is 22.5 Å². The summed E-state index contributed by atoms with van der Waals surface area (Å²) in [5.41, 5.74) is 1.69. The van der Waals surface area contributed by atoms with Crippen LogP contribution in [0.15, 0.2) is 16.8 Å². The van der Waals surface area contributed by atoms with Crippen molar-refractivity contribution in [3.63, 3.8) is 0 Å². The van der Waals surface area contributed by atoms with Crippen LogP contribution in [0, 0.1) is 18.8 Å². The number of hydrogen-bond donors (Lipinski definition) is 1. The second-order valence-electron chi connectivity index (χ2n) is 9.54. The first kappa shape index (κ1) is 25.0. The van der Waals surface area contributed by atoms with Gasteiger partial charge in [-0.05, 0) is 68.2 Å². The number of ether oxygens (including phenoxy) is 2. The number of anilines is 1. The van der Waals surface area contributed by atoms with Crippen molar-refractivity contribution in [3.8, 4) is 16.5 Å². The predicted molar refractivity (Wildman–Crippen MR) is 136 cm³/mol. The number of hydrogen-bond acceptors (Lipinski definition) is 10. The van der Waals surface area contributed by atoms with Gasteiger partial charge >= 0.3 is 5.97 Å². The number of nitrogens with one attached hydrogen (secondary N) is 1. The summed E-state index contributed by atoms with van der Waals surface area (Å²) < 4.78 is 17.1. The van der Waals surface area contributed by atoms with Crippen molar-refractivity contribution in [1.82, 2.24) is 20.1 Å². The Morgan fingerprint density at radius 2 is 2.08 bits per heavy atom. The quantitative estimate of drug-likeness (QED) is 0.352. The molecule has 192 valence electrons. The summed E-state index contributed by atoms with van der Waals surface area (Å²) in [6.07, 6.45) is 9.54. The molecule has 0 saturated heterocycles. The molecule has 0 spiro atoms. The molecule has 2 fully saturated rings. The number of nitrogens with zero attached hydrogens (tertiary/aromatic N) is 4. The third-order valence-corrected chi connectivity index (χ3v) is 8.27. The zero-order chi connectivity index (χ0) is 25.1. The van der Waals surface area contributed by atoms with Crippen LogP contribution in [-0.4, -0.2) is 39.3 Å². The molecule has 0 radical (unpaired) electrons. The van der Waals surface area contributed by atoms with Crippen molar-refractivity contribution in [3.05, 3.63) is 33.7 Å². The Bertz CT molecular complexity index is 1210. The van der Waals surface area contributed by atoms with E-state index < -0.39 is 0 Å². The van der Waals surface area contributed by atoms with Gasteiger partial charge in [0.1, 0.15) is 0 Å². The molecule has 0 bridgehead atoms. The third-order valence-electron chi connectivity index (χ3n) is 6.96. The van der Waals surface area contributed by atoms with Crippen LogP contribution in [0.3, 0.4) is 0 Å². The van der Waals surface area contributed by atoms with Crippen molar-refractivity contribution in [2.45, 2.75) is 70.9 Å². The molecule has 0 unspecified atom stereocenters. The van der Waals surface area contributed by atoms with Crippen LogP contribution in [0.5, 0.6) is 5.75 Å². The van der Waals surface area contributed by atoms with E-state index in [0.717, 1.165) is 41.8 Å². The number of esters is 1. The smallest absolute Gasteiger partial charge is 0.308 e. The summed E-state index contributed by atoms with van der Waals surface area (Å²) in [5.74, 6) is 2.74. The second kappa shape index (κ2) is 11.1. The van der Waals surface area contributed by atoms with Gasteiger partial charge in [0.15, 0.2) is 11.6 Å². The summed E-state index contributed by atoms with van der Waals surface area (Å²) in [4.78, 5) is 26.6. The molecule has 0 aliphatic heterocycles. The van der Waals surface area contributed by atoms with Crippen molar-refractivity contribution in [2.24, 2.45) is 11.8 Å². The fraction of sp³-hybridized carbons (Fsp3) is 0.560. The number of thiophene rings is 1. The number of aryl methyl sites for hydroxylation is 1. The van der Waals surface area contributed by atoms with Gasteiger partial charge in [0.05, 0.1) is 40.2 Å². The maximum atomic E-state index is 11.9. The van der Waals surface area contributed by atoms with Crippen molar-refractivity contribution in [2.75, 3.05) is 12.4 Å². The lowest BCUT2D eigenvalue weighted by molar-refractivity contribution is -0.147. The number of carbonyl (C=O) groups excluding carboxylic acids is 1. The fourth-order valence-electron chi connectivity index (χ4n) is 4.74. The number of carbonyl (C=O) groups is 1. The molecule has 11 heteroatoms. The minimum absolute atomic E-state index is 0.0592. The highest BCUT2D eigenvalue weighted by Gasteiger charge is 2.29. The van der Waals surface area contributed by atoms with Gasteiger partial charge < -0.3 is 19.3 Å². The van der Waals surface area contributed by atoms with Gasteiger partial charge in [-0.2, -0.15) is 4.98 Å². The largest absolute Gasteiger partial charge is 0.487 e. The van der Waals surface area contributed by atoms with Crippen LogP contribution in [0.2, 0.25) is 4.34 Å². The lowest BCUT2D eigenvalue weighted by atomic mass is 9.83. The first-order chi connectivity index (χ1) is 17.5. The van der Waals surface area contributed by atoms with Crippen molar-refractivity contribution < 1.29 is 18.8 Å². The normalized spacial score (nSPS) is 20.1. The molecule has 9 nitrogen and oxygen atoms in total. The molecule has 3 aromatic heterocycles. The first-order valence-corrected chi connectivity index (χ1v) is 13.6. The van der Waals surface area contributed by atoms with Gasteiger partial charge in [0.25, 0.3) is 5.95 Å². The summed E-state index contributed by atoms with van der Waals surface area (Å²) in [6.45, 7) is 2.37. The van der Waals surface area contributed by atoms with Crippen LogP contribution in [0.4, 0.5) is 5.95 Å². The van der Waals surface area contributed by atoms with E-state index in [1.54, 1.807) is 6.20 Å². The Labute approximate surface area is 219 Å². The van der Waals surface area contributed by atoms with E-state index in [9.17, 15) is 4.79 Å². The Hall–Kier alpha value is -2.72. The SMILES string of the molecule is COC(=O)[C@H]1CCC[C@H](Oc2cnc(-c3sc(Cl)cc3CNc3noc(CC4CCC4)n3)nc2C)C1. The zero-order valence-electron chi connectivity index (χ0n) is 20.5. The molecule has 0 amide bonds. The highest BCUT2D eigenvalue weighted by Crippen LogP contribution is 2.36. The molecular weight excluding hydrogens is 502 g/mol. The Kier molecular flexibility index (Phi) is 7.71. The highest BCUT2D eigenvalue weighted by atomic mass is 35.5. The minimum Gasteiger partial charge on any atom is -0.487 e. The van der Waals surface area contributed by atoms with Crippen LogP contribution < -0.4 is 10.1 Å². The van der Waals surface area contributed by atoms with Gasteiger partial charge in [-0.3, -0.25) is 4.79 Å². The van der Waals surface area contributed by atoms with Gasteiger partial charge in [-0.15, -0.1) is 11.3 Å². The summed E-state index contributed by atoms with van der Waals surface area (Å²) >= 11 is 7.78. The monoisotopic (exact) mass is 531 g/mol. The number of methoxy groups -OCH3 is 1. The summed E-state index contributed by atoms with van der Waals surface area (Å²) in [6, 6.07) is 1.90. The first-order valence-electron chi connectivity index (χ1n) is 12.4. The van der Waals surface area contributed by atoms with Gasteiger partial charge in [0.2, 0.25) is 5.89 Å². The molecule has 0 aromatic carbocycles. The molecule has 36 heavy (non-hydrogen) atoms. The zero-order valence-corrected chi connectivity index (χ0v) is 22.0. The van der Waals surface area contributed by atoms with E-state index in [0.29, 0.717) is 46.6 Å². The Morgan fingerprint density at radius 1 is 1.25 bits per heavy atom. The topological polar surface area (TPSA) is 112 Å². The molecule has 2 aliphatic carbocycles. The van der Waals surface area contributed by atoms with E-state index in [4.69, 9.17) is 30.6 Å². The molecule has 3 aromatic rings. The molecule has 3 heterocycles. The molecule has 2 aliphatic rings. The van der Waals surface area contributed by atoms with Crippen LogP contribution >= 0.6 is 22.9 Å². The van der Waals surface area contributed by atoms with E-state index in [2.05, 4.69) is 20.4 Å². The second-order valence-corrected chi connectivity index (χ2v) is 11.2. The lowest BCUT2D eigenvalue weighted by Gasteiger charge is -2.28. The molecule has 2 atom stereocenters. The number of rotatable bonds is 9. The summed E-state index contributed by atoms with van der Waals surface area (Å²) in [5, 5.41) is 7.28. The van der Waals surface area contributed by atoms with E-state index in [-0.39, 0.29) is 18.0 Å². The predicted octanol–water partition coefficient (Wildman–Crippen LogP) is 5.62. The maximum absolute atomic E-state index is 11.9.